The van der Waals surface area contributed by atoms with Gasteiger partial charge in [0.2, 0.25) is 0 Å². The number of nitrogens with zero attached hydrogens (tertiary/aromatic N) is 2. The number of aromatic carboxylic acids is 1. The Labute approximate surface area is 151 Å². The van der Waals surface area contributed by atoms with E-state index in [1.807, 2.05) is 20.8 Å². The van der Waals surface area contributed by atoms with Crippen molar-refractivity contribution in [3.05, 3.63) is 39.9 Å². The van der Waals surface area contributed by atoms with Crippen LogP contribution < -0.4 is 0 Å². The van der Waals surface area contributed by atoms with E-state index in [4.69, 9.17) is 9.84 Å². The van der Waals surface area contributed by atoms with Gasteiger partial charge in [0.05, 0.1) is 10.5 Å². The minimum absolute atomic E-state index is 0.0422. The standard InChI is InChI=1S/C10H19NO3.C7H5NO4/c1-10(2,3)14-9(13)11-7-5-4-6-8(11)12;9-7(10)5-1-3-6(4-2-5)8(11)12/h8,12H,4-7H2,1-3H3;1-4H,(H,9,10). The number of aliphatic hydroxyl groups is 1. The van der Waals surface area contributed by atoms with Gasteiger partial charge in [0.15, 0.2) is 0 Å². The van der Waals surface area contributed by atoms with Crippen LogP contribution in [0.4, 0.5) is 10.5 Å². The summed E-state index contributed by atoms with van der Waals surface area (Å²) in [6.07, 6.45) is 1.49. The zero-order valence-electron chi connectivity index (χ0n) is 15.0. The fourth-order valence-corrected chi connectivity index (χ4v) is 2.17. The van der Waals surface area contributed by atoms with Crippen molar-refractivity contribution in [1.82, 2.24) is 4.90 Å². The number of carboxylic acids is 1. The molecule has 0 aliphatic carbocycles. The lowest BCUT2D eigenvalue weighted by atomic mass is 10.1. The van der Waals surface area contributed by atoms with E-state index >= 15 is 0 Å². The predicted molar refractivity (Wildman–Crippen MR) is 92.9 cm³/mol. The Morgan fingerprint density at radius 1 is 1.23 bits per heavy atom. The van der Waals surface area contributed by atoms with Crippen molar-refractivity contribution in [3.63, 3.8) is 0 Å². The van der Waals surface area contributed by atoms with E-state index in [1.165, 1.54) is 17.0 Å². The van der Waals surface area contributed by atoms with Crippen LogP contribution in [0.3, 0.4) is 0 Å². The van der Waals surface area contributed by atoms with Crippen molar-refractivity contribution in [1.29, 1.82) is 0 Å². The van der Waals surface area contributed by atoms with Crippen molar-refractivity contribution in [2.45, 2.75) is 51.9 Å². The molecule has 1 aliphatic heterocycles. The monoisotopic (exact) mass is 368 g/mol. The summed E-state index contributed by atoms with van der Waals surface area (Å²) in [6, 6.07) is 4.70. The van der Waals surface area contributed by atoms with Gasteiger partial charge in [-0.2, -0.15) is 0 Å². The first-order valence-electron chi connectivity index (χ1n) is 8.16. The molecule has 2 rings (SSSR count). The van der Waals surface area contributed by atoms with Gasteiger partial charge >= 0.3 is 12.1 Å². The Bertz CT molecular complexity index is 605. The number of carbonyl (C=O) groups is 2. The molecule has 1 unspecified atom stereocenters. The maximum absolute atomic E-state index is 11.6. The van der Waals surface area contributed by atoms with Crippen LogP contribution in [0, 0.1) is 10.1 Å². The van der Waals surface area contributed by atoms with E-state index in [2.05, 4.69) is 0 Å². The number of benzene rings is 1. The molecular formula is C17H24N2O7. The molecule has 9 nitrogen and oxygen atoms in total. The SMILES string of the molecule is CC(C)(C)OC(=O)N1CCCCC1O.O=C(O)c1ccc([N+](=O)[O-])cc1. The normalized spacial score (nSPS) is 16.9. The Morgan fingerprint density at radius 3 is 2.23 bits per heavy atom. The van der Waals surface area contributed by atoms with Crippen molar-refractivity contribution in [2.24, 2.45) is 0 Å². The first-order valence-corrected chi connectivity index (χ1v) is 8.16. The number of nitro benzene ring substituents is 1. The van der Waals surface area contributed by atoms with Crippen LogP contribution in [0.15, 0.2) is 24.3 Å². The van der Waals surface area contributed by atoms with Gasteiger partial charge in [-0.25, -0.2) is 9.59 Å². The molecule has 0 bridgehead atoms. The van der Waals surface area contributed by atoms with Crippen molar-refractivity contribution < 1.29 is 29.5 Å². The average molecular weight is 368 g/mol. The molecule has 1 heterocycles. The first-order chi connectivity index (χ1) is 12.0. The second-order valence-corrected chi connectivity index (χ2v) is 6.76. The number of hydrogen-bond acceptors (Lipinski definition) is 6. The highest BCUT2D eigenvalue weighted by atomic mass is 16.6. The smallest absolute Gasteiger partial charge is 0.412 e. The number of rotatable bonds is 2. The summed E-state index contributed by atoms with van der Waals surface area (Å²) in [5, 5.41) is 28.1. The van der Waals surface area contributed by atoms with Crippen molar-refractivity contribution >= 4 is 17.7 Å². The lowest BCUT2D eigenvalue weighted by molar-refractivity contribution is -0.384. The maximum Gasteiger partial charge on any atom is 0.412 e. The van der Waals surface area contributed by atoms with Gasteiger partial charge in [0.1, 0.15) is 11.8 Å². The molecule has 1 saturated heterocycles. The molecule has 1 aliphatic rings. The summed E-state index contributed by atoms with van der Waals surface area (Å²) in [4.78, 5) is 32.8. The first kappa shape index (κ1) is 21.4. The van der Waals surface area contributed by atoms with Gasteiger partial charge < -0.3 is 14.9 Å². The number of carbonyl (C=O) groups excluding carboxylic acids is 1. The number of non-ortho nitro benzene ring substituents is 1. The summed E-state index contributed by atoms with van der Waals surface area (Å²) in [5.74, 6) is -1.09. The van der Waals surface area contributed by atoms with Crippen molar-refractivity contribution in [2.75, 3.05) is 6.54 Å². The third-order valence-corrected chi connectivity index (χ3v) is 3.42. The average Bonchev–Trinajstić information content (AvgIpc) is 2.54. The minimum atomic E-state index is -1.09. The highest BCUT2D eigenvalue weighted by Crippen LogP contribution is 2.18. The van der Waals surface area contributed by atoms with Gasteiger partial charge in [-0.05, 0) is 52.2 Å². The zero-order valence-corrected chi connectivity index (χ0v) is 15.0. The number of amides is 1. The summed E-state index contributed by atoms with van der Waals surface area (Å²) >= 11 is 0. The van der Waals surface area contributed by atoms with E-state index in [9.17, 15) is 24.8 Å². The minimum Gasteiger partial charge on any atom is -0.478 e. The van der Waals surface area contributed by atoms with Crippen LogP contribution in [-0.2, 0) is 4.74 Å². The highest BCUT2D eigenvalue weighted by molar-refractivity contribution is 5.87. The highest BCUT2D eigenvalue weighted by Gasteiger charge is 2.28. The summed E-state index contributed by atoms with van der Waals surface area (Å²) < 4.78 is 5.17. The fraction of sp³-hybridized carbons (Fsp3) is 0.529. The molecule has 2 N–H and O–H groups in total. The molecule has 0 saturated carbocycles. The predicted octanol–water partition coefficient (Wildman–Crippen LogP) is 3.02. The Kier molecular flexibility index (Phi) is 7.51. The molecule has 1 aromatic rings. The largest absolute Gasteiger partial charge is 0.478 e. The molecule has 9 heteroatoms. The number of ether oxygens (including phenoxy) is 1. The van der Waals surface area contributed by atoms with Crippen LogP contribution in [0.5, 0.6) is 0 Å². The van der Waals surface area contributed by atoms with Gasteiger partial charge in [-0.3, -0.25) is 15.0 Å². The molecule has 1 atom stereocenters. The molecule has 1 aromatic carbocycles. The zero-order chi connectivity index (χ0) is 19.9. The Morgan fingerprint density at radius 2 is 1.81 bits per heavy atom. The van der Waals surface area contributed by atoms with E-state index in [1.54, 1.807) is 0 Å². The van der Waals surface area contributed by atoms with Gasteiger partial charge in [0, 0.05) is 18.7 Å². The van der Waals surface area contributed by atoms with Gasteiger partial charge in [-0.1, -0.05) is 0 Å². The molecule has 26 heavy (non-hydrogen) atoms. The Hall–Kier alpha value is -2.68. The number of hydrogen-bond donors (Lipinski definition) is 2. The van der Waals surface area contributed by atoms with E-state index in [0.717, 1.165) is 25.0 Å². The number of aliphatic hydroxyl groups excluding tert-OH is 1. The lowest BCUT2D eigenvalue weighted by Gasteiger charge is -2.33. The van der Waals surface area contributed by atoms with Crippen LogP contribution in [-0.4, -0.2) is 50.5 Å². The molecule has 0 spiro atoms. The summed E-state index contributed by atoms with van der Waals surface area (Å²) in [7, 11) is 0. The summed E-state index contributed by atoms with van der Waals surface area (Å²) in [6.45, 7) is 6.06. The topological polar surface area (TPSA) is 130 Å². The molecular weight excluding hydrogens is 344 g/mol. The maximum atomic E-state index is 11.6. The molecule has 1 fully saturated rings. The summed E-state index contributed by atoms with van der Waals surface area (Å²) in [5.41, 5.74) is -0.561. The third kappa shape index (κ3) is 7.06. The van der Waals surface area contributed by atoms with E-state index < -0.39 is 28.8 Å². The van der Waals surface area contributed by atoms with E-state index in [-0.39, 0.29) is 11.3 Å². The fourth-order valence-electron chi connectivity index (χ4n) is 2.17. The van der Waals surface area contributed by atoms with E-state index in [0.29, 0.717) is 13.0 Å². The van der Waals surface area contributed by atoms with Crippen LogP contribution in [0.2, 0.25) is 0 Å². The van der Waals surface area contributed by atoms with Crippen molar-refractivity contribution in [3.8, 4) is 0 Å². The molecule has 144 valence electrons. The number of nitro groups is 1. The molecule has 0 radical (unpaired) electrons. The lowest BCUT2D eigenvalue weighted by Crippen LogP contribution is -2.46. The molecule has 1 amide bonds. The van der Waals surface area contributed by atoms with Gasteiger partial charge in [-0.15, -0.1) is 0 Å². The quantitative estimate of drug-likeness (QED) is 0.606. The number of piperidine rings is 1. The number of carboxylic acid groups (broad SMARTS) is 1. The van der Waals surface area contributed by atoms with Gasteiger partial charge in [0.25, 0.3) is 5.69 Å². The van der Waals surface area contributed by atoms with Crippen LogP contribution >= 0.6 is 0 Å². The molecule has 0 aromatic heterocycles. The third-order valence-electron chi connectivity index (χ3n) is 3.42. The van der Waals surface area contributed by atoms with Crippen LogP contribution in [0.1, 0.15) is 50.4 Å². The van der Waals surface area contributed by atoms with Crippen LogP contribution in [0.25, 0.3) is 0 Å². The Balaban J connectivity index is 0.000000263. The second kappa shape index (κ2) is 9.14. The second-order valence-electron chi connectivity index (χ2n) is 6.76. The number of likely N-dealkylation sites (tertiary alicyclic amines) is 1.